The molecule has 1 aliphatic heterocycles. The molecule has 2 atom stereocenters. The maximum atomic E-state index is 13.5. The van der Waals surface area contributed by atoms with Crippen LogP contribution in [-0.4, -0.2) is 47.1 Å². The second-order valence-corrected chi connectivity index (χ2v) is 6.22. The van der Waals surface area contributed by atoms with Crippen molar-refractivity contribution in [1.29, 1.82) is 0 Å². The smallest absolute Gasteiger partial charge is 0.236 e. The van der Waals surface area contributed by atoms with Crippen LogP contribution >= 0.6 is 0 Å². The minimum absolute atomic E-state index is 0.0677. The van der Waals surface area contributed by atoms with Gasteiger partial charge in [-0.1, -0.05) is 12.1 Å². The number of amides is 1. The van der Waals surface area contributed by atoms with Gasteiger partial charge in [0.05, 0.1) is 25.5 Å². The highest BCUT2D eigenvalue weighted by molar-refractivity contribution is 5.78. The Morgan fingerprint density at radius 1 is 1.42 bits per heavy atom. The molecule has 0 bridgehead atoms. The number of carbonyl (C=O) groups is 1. The van der Waals surface area contributed by atoms with Gasteiger partial charge in [0.2, 0.25) is 5.91 Å². The maximum absolute atomic E-state index is 13.5. The molecule has 0 unspecified atom stereocenters. The van der Waals surface area contributed by atoms with E-state index < -0.39 is 6.10 Å². The first-order chi connectivity index (χ1) is 11.5. The molecule has 1 fully saturated rings. The van der Waals surface area contributed by atoms with Gasteiger partial charge in [0.15, 0.2) is 0 Å². The maximum Gasteiger partial charge on any atom is 0.236 e. The van der Waals surface area contributed by atoms with Crippen LogP contribution in [0.2, 0.25) is 0 Å². The van der Waals surface area contributed by atoms with E-state index in [0.29, 0.717) is 25.3 Å². The van der Waals surface area contributed by atoms with Gasteiger partial charge in [-0.3, -0.25) is 9.69 Å². The van der Waals surface area contributed by atoms with Gasteiger partial charge in [0.25, 0.3) is 0 Å². The second-order valence-electron chi connectivity index (χ2n) is 6.22. The third-order valence-electron chi connectivity index (χ3n) is 4.35. The topological polar surface area (TPSA) is 56.9 Å². The summed E-state index contributed by atoms with van der Waals surface area (Å²) in [4.78, 5) is 16.0. The molecule has 2 aromatic rings. The Hall–Kier alpha value is -2.18. The van der Waals surface area contributed by atoms with Crippen molar-refractivity contribution >= 4 is 5.91 Å². The first-order valence-corrected chi connectivity index (χ1v) is 7.97. The summed E-state index contributed by atoms with van der Waals surface area (Å²) in [6.45, 7) is 0.976. The van der Waals surface area contributed by atoms with Crippen molar-refractivity contribution in [3.8, 4) is 0 Å². The van der Waals surface area contributed by atoms with Crippen LogP contribution in [0.1, 0.15) is 23.8 Å². The average molecular weight is 332 g/mol. The number of nitrogens with zero attached hydrogens (tertiary/aromatic N) is 2. The molecule has 6 heteroatoms. The first kappa shape index (κ1) is 16.7. The Labute approximate surface area is 140 Å². The lowest BCUT2D eigenvalue weighted by molar-refractivity contribution is -0.132. The number of likely N-dealkylation sites (tertiary alicyclic amines) is 1. The molecule has 1 N–H and O–H groups in total. The monoisotopic (exact) mass is 332 g/mol. The van der Waals surface area contributed by atoms with E-state index in [2.05, 4.69) is 0 Å². The summed E-state index contributed by atoms with van der Waals surface area (Å²) in [5.74, 6) is 0.339. The number of carbonyl (C=O) groups excluding carboxylic acids is 1. The zero-order chi connectivity index (χ0) is 17.1. The van der Waals surface area contributed by atoms with E-state index in [1.807, 2.05) is 17.0 Å². The number of aliphatic hydroxyl groups excluding tert-OH is 1. The minimum atomic E-state index is -0.513. The van der Waals surface area contributed by atoms with Crippen LogP contribution in [0.3, 0.4) is 0 Å². The standard InChI is InChI=1S/C18H21FN2O3/c1-20(11-16-6-3-7-24-16)18(23)12-21-10-15(22)9-17(21)13-4-2-5-14(19)8-13/h2-8,15,17,22H,9-12H2,1H3/t15-,17+/m0/s1. The van der Waals surface area contributed by atoms with E-state index in [-0.39, 0.29) is 24.3 Å². The molecule has 24 heavy (non-hydrogen) atoms. The summed E-state index contributed by atoms with van der Waals surface area (Å²) in [6.07, 6.45) is 1.56. The predicted octanol–water partition coefficient (Wildman–Crippen LogP) is 2.19. The van der Waals surface area contributed by atoms with Gasteiger partial charge in [0, 0.05) is 19.6 Å². The zero-order valence-corrected chi connectivity index (χ0v) is 13.6. The Bertz CT molecular complexity index is 689. The fourth-order valence-electron chi connectivity index (χ4n) is 3.13. The molecular weight excluding hydrogens is 311 g/mol. The van der Waals surface area contributed by atoms with Gasteiger partial charge in [-0.05, 0) is 36.2 Å². The van der Waals surface area contributed by atoms with E-state index in [1.165, 1.54) is 12.1 Å². The summed E-state index contributed by atoms with van der Waals surface area (Å²) in [6, 6.07) is 9.78. The molecule has 0 aliphatic carbocycles. The summed E-state index contributed by atoms with van der Waals surface area (Å²) in [7, 11) is 1.72. The summed E-state index contributed by atoms with van der Waals surface area (Å²) in [5.41, 5.74) is 0.785. The number of hydrogen-bond acceptors (Lipinski definition) is 4. The number of furan rings is 1. The second kappa shape index (κ2) is 7.15. The highest BCUT2D eigenvalue weighted by atomic mass is 19.1. The predicted molar refractivity (Wildman–Crippen MR) is 86.5 cm³/mol. The Kier molecular flexibility index (Phi) is 4.97. The van der Waals surface area contributed by atoms with Crippen molar-refractivity contribution in [2.24, 2.45) is 0 Å². The minimum Gasteiger partial charge on any atom is -0.467 e. The van der Waals surface area contributed by atoms with Crippen molar-refractivity contribution < 1.29 is 18.7 Å². The molecule has 1 saturated heterocycles. The van der Waals surface area contributed by atoms with E-state index in [4.69, 9.17) is 4.42 Å². The van der Waals surface area contributed by atoms with Gasteiger partial charge < -0.3 is 14.4 Å². The van der Waals surface area contributed by atoms with E-state index in [9.17, 15) is 14.3 Å². The molecule has 2 heterocycles. The van der Waals surface area contributed by atoms with Crippen LogP contribution in [-0.2, 0) is 11.3 Å². The fourth-order valence-corrected chi connectivity index (χ4v) is 3.13. The summed E-state index contributed by atoms with van der Waals surface area (Å²) in [5, 5.41) is 9.98. The fraction of sp³-hybridized carbons (Fsp3) is 0.389. The molecule has 128 valence electrons. The van der Waals surface area contributed by atoms with Crippen molar-refractivity contribution in [3.63, 3.8) is 0 Å². The van der Waals surface area contributed by atoms with Gasteiger partial charge in [-0.25, -0.2) is 4.39 Å². The molecule has 1 aromatic carbocycles. The summed E-state index contributed by atoms with van der Waals surface area (Å²) >= 11 is 0. The largest absolute Gasteiger partial charge is 0.467 e. The molecule has 0 spiro atoms. The number of rotatable bonds is 5. The number of β-amino-alcohol motifs (C(OH)–C–C–N with tert-alkyl or cyclic N) is 1. The number of likely N-dealkylation sites (N-methyl/N-ethyl adjacent to an activating group) is 1. The Morgan fingerprint density at radius 3 is 2.96 bits per heavy atom. The van der Waals surface area contributed by atoms with Crippen LogP contribution in [0.4, 0.5) is 4.39 Å². The lowest BCUT2D eigenvalue weighted by Crippen LogP contribution is -2.38. The lowest BCUT2D eigenvalue weighted by Gasteiger charge is -2.26. The lowest BCUT2D eigenvalue weighted by atomic mass is 10.0. The molecule has 3 rings (SSSR count). The van der Waals surface area contributed by atoms with Gasteiger partial charge in [0.1, 0.15) is 11.6 Å². The SMILES string of the molecule is CN(Cc1ccco1)C(=O)CN1C[C@@H](O)C[C@@H]1c1cccc(F)c1. The van der Waals surface area contributed by atoms with Crippen LogP contribution < -0.4 is 0 Å². The van der Waals surface area contributed by atoms with Crippen LogP contribution in [0.25, 0.3) is 0 Å². The number of benzene rings is 1. The van der Waals surface area contributed by atoms with Crippen molar-refractivity contribution in [1.82, 2.24) is 9.80 Å². The van der Waals surface area contributed by atoms with Gasteiger partial charge in [-0.15, -0.1) is 0 Å². The van der Waals surface area contributed by atoms with E-state index in [1.54, 1.807) is 30.3 Å². The molecule has 0 radical (unpaired) electrons. The molecule has 5 nitrogen and oxygen atoms in total. The molecule has 1 amide bonds. The van der Waals surface area contributed by atoms with Crippen molar-refractivity contribution in [2.75, 3.05) is 20.1 Å². The first-order valence-electron chi connectivity index (χ1n) is 7.97. The van der Waals surface area contributed by atoms with Gasteiger partial charge >= 0.3 is 0 Å². The third-order valence-corrected chi connectivity index (χ3v) is 4.35. The quantitative estimate of drug-likeness (QED) is 0.912. The summed E-state index contributed by atoms with van der Waals surface area (Å²) < 4.78 is 18.7. The average Bonchev–Trinajstić information content (AvgIpc) is 3.17. The third kappa shape index (κ3) is 3.83. The molecule has 1 aromatic heterocycles. The van der Waals surface area contributed by atoms with Crippen LogP contribution in [0, 0.1) is 5.82 Å². The van der Waals surface area contributed by atoms with Crippen LogP contribution in [0.5, 0.6) is 0 Å². The van der Waals surface area contributed by atoms with Crippen molar-refractivity contribution in [2.45, 2.75) is 25.1 Å². The number of aliphatic hydroxyl groups is 1. The van der Waals surface area contributed by atoms with Crippen molar-refractivity contribution in [3.05, 3.63) is 59.8 Å². The number of halogens is 1. The van der Waals surface area contributed by atoms with E-state index in [0.717, 1.165) is 5.56 Å². The highest BCUT2D eigenvalue weighted by Crippen LogP contribution is 2.32. The van der Waals surface area contributed by atoms with E-state index >= 15 is 0 Å². The zero-order valence-electron chi connectivity index (χ0n) is 13.6. The molecular formula is C18H21FN2O3. The van der Waals surface area contributed by atoms with Crippen LogP contribution in [0.15, 0.2) is 47.1 Å². The molecule has 1 aliphatic rings. The molecule has 0 saturated carbocycles. The Balaban J connectivity index is 1.66. The number of hydrogen-bond donors (Lipinski definition) is 1. The normalized spacial score (nSPS) is 21.1. The Morgan fingerprint density at radius 2 is 2.25 bits per heavy atom. The highest BCUT2D eigenvalue weighted by Gasteiger charge is 2.33. The van der Waals surface area contributed by atoms with Gasteiger partial charge in [-0.2, -0.15) is 0 Å².